The number of hydrogen-bond donors (Lipinski definition) is 0. The topological polar surface area (TPSA) is 44.2 Å². The first-order valence-electron chi connectivity index (χ1n) is 3.45. The van der Waals surface area contributed by atoms with Crippen molar-refractivity contribution < 1.29 is 9.47 Å². The van der Waals surface area contributed by atoms with Gasteiger partial charge in [-0.15, -0.1) is 0 Å². The predicted octanol–water partition coefficient (Wildman–Crippen LogP) is 0.556. The van der Waals surface area contributed by atoms with Gasteiger partial charge in [-0.1, -0.05) is 0 Å². The van der Waals surface area contributed by atoms with Crippen molar-refractivity contribution in [1.29, 1.82) is 0 Å². The van der Waals surface area contributed by atoms with Gasteiger partial charge in [-0.25, -0.2) is 4.98 Å². The van der Waals surface area contributed by atoms with Crippen LogP contribution in [0.1, 0.15) is 5.82 Å². The first-order chi connectivity index (χ1) is 5.36. The summed E-state index contributed by atoms with van der Waals surface area (Å²) in [7, 11) is 0. The van der Waals surface area contributed by atoms with Crippen LogP contribution in [0.25, 0.3) is 0 Å². The molecule has 4 heteroatoms. The van der Waals surface area contributed by atoms with Gasteiger partial charge in [0.25, 0.3) is 5.88 Å². The summed E-state index contributed by atoms with van der Waals surface area (Å²) < 4.78 is 10.5. The van der Waals surface area contributed by atoms with E-state index in [1.54, 1.807) is 6.20 Å². The minimum absolute atomic E-state index is 0.559. The van der Waals surface area contributed by atoms with Crippen molar-refractivity contribution in [2.24, 2.45) is 0 Å². The largest absolute Gasteiger partial charge is 0.483 e. The zero-order chi connectivity index (χ0) is 7.68. The molecule has 0 saturated heterocycles. The molecule has 0 bridgehead atoms. The standard InChI is InChI=1S/C7H8N2O2/c1-5-8-4-6-7(9-5)11-3-2-10-6/h4H,2-3H2,1H3. The summed E-state index contributed by atoms with van der Waals surface area (Å²) >= 11 is 0. The molecule has 0 aliphatic carbocycles. The average Bonchev–Trinajstić information content (AvgIpc) is 2.04. The van der Waals surface area contributed by atoms with Gasteiger partial charge in [0.2, 0.25) is 0 Å². The molecule has 58 valence electrons. The van der Waals surface area contributed by atoms with Gasteiger partial charge in [0.15, 0.2) is 5.75 Å². The molecule has 0 amide bonds. The first kappa shape index (κ1) is 6.39. The Morgan fingerprint density at radius 2 is 2.18 bits per heavy atom. The van der Waals surface area contributed by atoms with E-state index in [0.29, 0.717) is 30.7 Å². The Morgan fingerprint density at radius 1 is 1.36 bits per heavy atom. The van der Waals surface area contributed by atoms with Gasteiger partial charge in [0, 0.05) is 0 Å². The fourth-order valence-electron chi connectivity index (χ4n) is 0.931. The molecule has 2 rings (SSSR count). The molecular formula is C7H8N2O2. The maximum Gasteiger partial charge on any atom is 0.260 e. The molecular weight excluding hydrogens is 144 g/mol. The van der Waals surface area contributed by atoms with Crippen molar-refractivity contribution in [2.45, 2.75) is 6.92 Å². The van der Waals surface area contributed by atoms with Crippen LogP contribution in [0.4, 0.5) is 0 Å². The van der Waals surface area contributed by atoms with E-state index >= 15 is 0 Å². The zero-order valence-electron chi connectivity index (χ0n) is 6.20. The Kier molecular flexibility index (Phi) is 1.38. The fourth-order valence-corrected chi connectivity index (χ4v) is 0.931. The summed E-state index contributed by atoms with van der Waals surface area (Å²) in [5.74, 6) is 1.90. The van der Waals surface area contributed by atoms with E-state index < -0.39 is 0 Å². The number of aryl methyl sites for hydroxylation is 1. The summed E-state index contributed by atoms with van der Waals surface area (Å²) in [6, 6.07) is 0. The molecule has 0 spiro atoms. The molecule has 0 unspecified atom stereocenters. The van der Waals surface area contributed by atoms with Gasteiger partial charge in [-0.3, -0.25) is 0 Å². The number of fused-ring (bicyclic) bond motifs is 1. The molecule has 1 aromatic heterocycles. The van der Waals surface area contributed by atoms with Gasteiger partial charge >= 0.3 is 0 Å². The molecule has 0 fully saturated rings. The smallest absolute Gasteiger partial charge is 0.260 e. The Bertz CT molecular complexity index is 275. The van der Waals surface area contributed by atoms with Crippen molar-refractivity contribution in [2.75, 3.05) is 13.2 Å². The van der Waals surface area contributed by atoms with E-state index in [1.165, 1.54) is 0 Å². The van der Waals surface area contributed by atoms with Crippen molar-refractivity contribution in [3.8, 4) is 11.6 Å². The lowest BCUT2D eigenvalue weighted by molar-refractivity contribution is 0.163. The summed E-state index contributed by atoms with van der Waals surface area (Å²) in [6.45, 7) is 2.97. The van der Waals surface area contributed by atoms with Crippen LogP contribution in [0.15, 0.2) is 6.20 Å². The van der Waals surface area contributed by atoms with Crippen molar-refractivity contribution in [1.82, 2.24) is 9.97 Å². The van der Waals surface area contributed by atoms with Crippen molar-refractivity contribution >= 4 is 0 Å². The number of hydrogen-bond acceptors (Lipinski definition) is 4. The van der Waals surface area contributed by atoms with E-state index in [1.807, 2.05) is 6.92 Å². The molecule has 0 N–H and O–H groups in total. The van der Waals surface area contributed by atoms with Crippen LogP contribution >= 0.6 is 0 Å². The summed E-state index contributed by atoms with van der Waals surface area (Å²) in [5.41, 5.74) is 0. The third-order valence-electron chi connectivity index (χ3n) is 1.42. The first-order valence-corrected chi connectivity index (χ1v) is 3.45. The van der Waals surface area contributed by atoms with Gasteiger partial charge in [-0.05, 0) is 6.92 Å². The van der Waals surface area contributed by atoms with Crippen LogP contribution < -0.4 is 9.47 Å². The predicted molar refractivity (Wildman–Crippen MR) is 37.8 cm³/mol. The molecule has 1 aromatic rings. The second-order valence-corrected chi connectivity index (χ2v) is 2.28. The number of nitrogens with zero attached hydrogens (tertiary/aromatic N) is 2. The van der Waals surface area contributed by atoms with Crippen LogP contribution in [0, 0.1) is 6.92 Å². The van der Waals surface area contributed by atoms with E-state index in [2.05, 4.69) is 9.97 Å². The van der Waals surface area contributed by atoms with Crippen LogP contribution in [0.3, 0.4) is 0 Å². The Hall–Kier alpha value is -1.32. The van der Waals surface area contributed by atoms with E-state index in [9.17, 15) is 0 Å². The molecule has 0 atom stereocenters. The number of aromatic nitrogens is 2. The maximum atomic E-state index is 5.23. The minimum Gasteiger partial charge on any atom is -0.483 e. The van der Waals surface area contributed by atoms with Gasteiger partial charge < -0.3 is 9.47 Å². The van der Waals surface area contributed by atoms with E-state index in [0.717, 1.165) is 0 Å². The monoisotopic (exact) mass is 152 g/mol. The third kappa shape index (κ3) is 1.11. The average molecular weight is 152 g/mol. The lowest BCUT2D eigenvalue weighted by Gasteiger charge is -2.16. The van der Waals surface area contributed by atoms with Crippen molar-refractivity contribution in [3.05, 3.63) is 12.0 Å². The molecule has 2 heterocycles. The summed E-state index contributed by atoms with van der Waals surface area (Å²) in [5, 5.41) is 0. The molecule has 4 nitrogen and oxygen atoms in total. The number of ether oxygens (including phenoxy) is 2. The molecule has 1 aliphatic rings. The highest BCUT2D eigenvalue weighted by Crippen LogP contribution is 2.25. The lowest BCUT2D eigenvalue weighted by atomic mass is 10.5. The Labute approximate surface area is 64.2 Å². The van der Waals surface area contributed by atoms with Crippen molar-refractivity contribution in [3.63, 3.8) is 0 Å². The summed E-state index contributed by atoms with van der Waals surface area (Å²) in [4.78, 5) is 8.03. The van der Waals surface area contributed by atoms with Crippen LogP contribution in [-0.4, -0.2) is 23.2 Å². The SMILES string of the molecule is Cc1ncc2c(n1)OCCO2. The van der Waals surface area contributed by atoms with Gasteiger partial charge in [-0.2, -0.15) is 4.98 Å². The second kappa shape index (κ2) is 2.38. The quantitative estimate of drug-likeness (QED) is 0.544. The molecule has 0 saturated carbocycles. The van der Waals surface area contributed by atoms with E-state index in [-0.39, 0.29) is 0 Å². The van der Waals surface area contributed by atoms with Crippen LogP contribution in [0.2, 0.25) is 0 Å². The number of rotatable bonds is 0. The second-order valence-electron chi connectivity index (χ2n) is 2.28. The Morgan fingerprint density at radius 3 is 3.09 bits per heavy atom. The molecule has 0 radical (unpaired) electrons. The third-order valence-corrected chi connectivity index (χ3v) is 1.42. The van der Waals surface area contributed by atoms with Gasteiger partial charge in [0.05, 0.1) is 6.20 Å². The molecule has 11 heavy (non-hydrogen) atoms. The highest BCUT2D eigenvalue weighted by molar-refractivity contribution is 5.31. The fraction of sp³-hybridized carbons (Fsp3) is 0.429. The summed E-state index contributed by atoms with van der Waals surface area (Å²) in [6.07, 6.45) is 1.64. The highest BCUT2D eigenvalue weighted by atomic mass is 16.6. The van der Waals surface area contributed by atoms with E-state index in [4.69, 9.17) is 9.47 Å². The molecule has 1 aliphatic heterocycles. The minimum atomic E-state index is 0.559. The normalized spacial score (nSPS) is 14.6. The maximum absolute atomic E-state index is 5.23. The Balaban J connectivity index is 2.43. The lowest BCUT2D eigenvalue weighted by Crippen LogP contribution is -2.16. The van der Waals surface area contributed by atoms with Crippen LogP contribution in [-0.2, 0) is 0 Å². The molecule has 0 aromatic carbocycles. The van der Waals surface area contributed by atoms with Gasteiger partial charge in [0.1, 0.15) is 19.0 Å². The highest BCUT2D eigenvalue weighted by Gasteiger charge is 2.12. The van der Waals surface area contributed by atoms with Crippen LogP contribution in [0.5, 0.6) is 11.6 Å². The zero-order valence-corrected chi connectivity index (χ0v) is 6.20.